The topological polar surface area (TPSA) is 35.2 Å². The minimum atomic E-state index is 0.424. The van der Waals surface area contributed by atoms with E-state index in [1.54, 1.807) is 30.0 Å². The number of hydrogen-bond donors (Lipinski definition) is 1. The molecule has 100 valence electrons. The van der Waals surface area contributed by atoms with E-state index in [1.165, 1.54) is 0 Å². The zero-order valence-electron chi connectivity index (χ0n) is 10.3. The molecular weight excluding hydrogens is 301 g/mol. The van der Waals surface area contributed by atoms with E-state index in [0.717, 1.165) is 16.2 Å². The van der Waals surface area contributed by atoms with E-state index in [1.807, 2.05) is 24.5 Å². The number of nitrogens with two attached hydrogens (primary N) is 1. The molecule has 2 N–H and O–H groups in total. The third kappa shape index (κ3) is 3.37. The Kier molecular flexibility index (Phi) is 4.99. The van der Waals surface area contributed by atoms with Gasteiger partial charge < -0.3 is 10.5 Å². The number of benzene rings is 2. The summed E-state index contributed by atoms with van der Waals surface area (Å²) in [6.45, 7) is 0.424. The lowest BCUT2D eigenvalue weighted by atomic mass is 10.2. The van der Waals surface area contributed by atoms with Gasteiger partial charge in [-0.3, -0.25) is 0 Å². The highest BCUT2D eigenvalue weighted by Crippen LogP contribution is 2.34. The molecule has 2 aromatic rings. The molecule has 2 nitrogen and oxygen atoms in total. The molecule has 0 aliphatic carbocycles. The molecule has 0 spiro atoms. The van der Waals surface area contributed by atoms with Crippen molar-refractivity contribution in [3.63, 3.8) is 0 Å². The summed E-state index contributed by atoms with van der Waals surface area (Å²) in [5.74, 6) is 1.38. The standard InChI is InChI=1S/C14H13Cl2NOS/c1-19-14-4-2-3-13(10(14)8-17)18-9-5-6-11(15)12(16)7-9/h2-7H,8,17H2,1H3. The maximum Gasteiger partial charge on any atom is 0.133 e. The summed E-state index contributed by atoms with van der Waals surface area (Å²) in [5, 5.41) is 0.973. The molecule has 0 aromatic heterocycles. The fraction of sp³-hybridized carbons (Fsp3) is 0.143. The van der Waals surface area contributed by atoms with Gasteiger partial charge in [-0.2, -0.15) is 0 Å². The number of hydrogen-bond acceptors (Lipinski definition) is 3. The lowest BCUT2D eigenvalue weighted by Crippen LogP contribution is -2.01. The van der Waals surface area contributed by atoms with E-state index in [-0.39, 0.29) is 0 Å². The van der Waals surface area contributed by atoms with Gasteiger partial charge in [-0.25, -0.2) is 0 Å². The van der Waals surface area contributed by atoms with E-state index in [4.69, 9.17) is 33.7 Å². The second-order valence-corrected chi connectivity index (χ2v) is 5.48. The first kappa shape index (κ1) is 14.5. The normalized spacial score (nSPS) is 10.5. The zero-order chi connectivity index (χ0) is 13.8. The average molecular weight is 314 g/mol. The Morgan fingerprint density at radius 1 is 1.16 bits per heavy atom. The van der Waals surface area contributed by atoms with Gasteiger partial charge in [-0.1, -0.05) is 29.3 Å². The lowest BCUT2D eigenvalue weighted by Gasteiger charge is -2.13. The molecule has 0 radical (unpaired) electrons. The van der Waals surface area contributed by atoms with E-state index in [0.29, 0.717) is 22.3 Å². The van der Waals surface area contributed by atoms with Crippen molar-refractivity contribution in [2.45, 2.75) is 11.4 Å². The Morgan fingerprint density at radius 2 is 1.95 bits per heavy atom. The second kappa shape index (κ2) is 6.53. The van der Waals surface area contributed by atoms with Gasteiger partial charge in [0.2, 0.25) is 0 Å². The predicted molar refractivity (Wildman–Crippen MR) is 82.7 cm³/mol. The highest BCUT2D eigenvalue weighted by Gasteiger charge is 2.09. The molecule has 0 bridgehead atoms. The SMILES string of the molecule is CSc1cccc(Oc2ccc(Cl)c(Cl)c2)c1CN. The third-order valence-electron chi connectivity index (χ3n) is 2.63. The second-order valence-electron chi connectivity index (χ2n) is 3.82. The first-order valence-electron chi connectivity index (χ1n) is 5.64. The molecule has 0 aliphatic heterocycles. The highest BCUT2D eigenvalue weighted by molar-refractivity contribution is 7.98. The van der Waals surface area contributed by atoms with Crippen LogP contribution in [0, 0.1) is 0 Å². The van der Waals surface area contributed by atoms with Crippen molar-refractivity contribution in [1.82, 2.24) is 0 Å². The molecule has 0 amide bonds. The first-order chi connectivity index (χ1) is 9.15. The first-order valence-corrected chi connectivity index (χ1v) is 7.62. The van der Waals surface area contributed by atoms with Gasteiger partial charge in [-0.05, 0) is 30.5 Å². The molecule has 2 aromatic carbocycles. The monoisotopic (exact) mass is 313 g/mol. The third-order valence-corrected chi connectivity index (χ3v) is 4.19. The summed E-state index contributed by atoms with van der Waals surface area (Å²) < 4.78 is 5.84. The van der Waals surface area contributed by atoms with Crippen molar-refractivity contribution in [1.29, 1.82) is 0 Å². The van der Waals surface area contributed by atoms with Gasteiger partial charge in [0.1, 0.15) is 11.5 Å². The van der Waals surface area contributed by atoms with Crippen LogP contribution in [0.1, 0.15) is 5.56 Å². The Balaban J connectivity index is 2.35. The van der Waals surface area contributed by atoms with Crippen LogP contribution < -0.4 is 10.5 Å². The predicted octanol–water partition coefficient (Wildman–Crippen LogP) is 4.97. The smallest absolute Gasteiger partial charge is 0.133 e. The quantitative estimate of drug-likeness (QED) is 0.810. The highest BCUT2D eigenvalue weighted by atomic mass is 35.5. The van der Waals surface area contributed by atoms with Crippen LogP contribution in [0.25, 0.3) is 0 Å². The largest absolute Gasteiger partial charge is 0.457 e. The fourth-order valence-electron chi connectivity index (χ4n) is 1.70. The van der Waals surface area contributed by atoms with Crippen LogP contribution in [0.15, 0.2) is 41.3 Å². The van der Waals surface area contributed by atoms with Gasteiger partial charge in [0.05, 0.1) is 10.0 Å². The van der Waals surface area contributed by atoms with Gasteiger partial charge in [-0.15, -0.1) is 11.8 Å². The molecule has 0 aliphatic rings. The maximum absolute atomic E-state index is 5.97. The van der Waals surface area contributed by atoms with E-state index < -0.39 is 0 Å². The molecule has 0 saturated carbocycles. The lowest BCUT2D eigenvalue weighted by molar-refractivity contribution is 0.474. The van der Waals surface area contributed by atoms with Crippen molar-refractivity contribution in [3.05, 3.63) is 52.0 Å². The van der Waals surface area contributed by atoms with Gasteiger partial charge >= 0.3 is 0 Å². The fourth-order valence-corrected chi connectivity index (χ4v) is 2.63. The van der Waals surface area contributed by atoms with Crippen molar-refractivity contribution in [2.24, 2.45) is 5.73 Å². The molecule has 5 heteroatoms. The van der Waals surface area contributed by atoms with Crippen molar-refractivity contribution >= 4 is 35.0 Å². The van der Waals surface area contributed by atoms with Crippen molar-refractivity contribution in [3.8, 4) is 11.5 Å². The van der Waals surface area contributed by atoms with Crippen molar-refractivity contribution in [2.75, 3.05) is 6.26 Å². The van der Waals surface area contributed by atoms with Gasteiger partial charge in [0.15, 0.2) is 0 Å². The Labute approximate surface area is 126 Å². The number of ether oxygens (including phenoxy) is 1. The molecule has 0 unspecified atom stereocenters. The Hall–Kier alpha value is -0.870. The van der Waals surface area contributed by atoms with Crippen LogP contribution in [-0.2, 0) is 6.54 Å². The van der Waals surface area contributed by atoms with Crippen LogP contribution in [0.2, 0.25) is 10.0 Å². The van der Waals surface area contributed by atoms with Crippen LogP contribution in [0.5, 0.6) is 11.5 Å². The zero-order valence-corrected chi connectivity index (χ0v) is 12.6. The van der Waals surface area contributed by atoms with Crippen LogP contribution in [-0.4, -0.2) is 6.26 Å². The average Bonchev–Trinajstić information content (AvgIpc) is 2.42. The van der Waals surface area contributed by atoms with Crippen LogP contribution in [0.3, 0.4) is 0 Å². The Bertz CT molecular complexity index is 590. The summed E-state index contributed by atoms with van der Waals surface area (Å²) in [6.07, 6.45) is 2.01. The van der Waals surface area contributed by atoms with Crippen LogP contribution in [0.4, 0.5) is 0 Å². The molecule has 19 heavy (non-hydrogen) atoms. The summed E-state index contributed by atoms with van der Waals surface area (Å²) >= 11 is 13.5. The maximum atomic E-state index is 5.97. The van der Waals surface area contributed by atoms with Gasteiger partial charge in [0, 0.05) is 23.1 Å². The molecule has 0 fully saturated rings. The molecule has 0 heterocycles. The molecule has 0 atom stereocenters. The van der Waals surface area contributed by atoms with Crippen LogP contribution >= 0.6 is 35.0 Å². The van der Waals surface area contributed by atoms with E-state index in [9.17, 15) is 0 Å². The number of halogens is 2. The minimum Gasteiger partial charge on any atom is -0.457 e. The minimum absolute atomic E-state index is 0.424. The van der Waals surface area contributed by atoms with Crippen molar-refractivity contribution < 1.29 is 4.74 Å². The molecule has 2 rings (SSSR count). The molecular formula is C14H13Cl2NOS. The molecule has 0 saturated heterocycles. The summed E-state index contributed by atoms with van der Waals surface area (Å²) in [4.78, 5) is 1.11. The van der Waals surface area contributed by atoms with Gasteiger partial charge in [0.25, 0.3) is 0 Å². The summed E-state index contributed by atoms with van der Waals surface area (Å²) in [5.41, 5.74) is 6.78. The summed E-state index contributed by atoms with van der Waals surface area (Å²) in [7, 11) is 0. The van der Waals surface area contributed by atoms with E-state index >= 15 is 0 Å². The number of thioether (sulfide) groups is 1. The summed E-state index contributed by atoms with van der Waals surface area (Å²) in [6, 6.07) is 11.0. The number of rotatable bonds is 4. The Morgan fingerprint density at radius 3 is 2.58 bits per heavy atom. The van der Waals surface area contributed by atoms with E-state index in [2.05, 4.69) is 0 Å².